The third-order valence-corrected chi connectivity index (χ3v) is 3.21. The molecule has 5 heteroatoms. The van der Waals surface area contributed by atoms with E-state index in [1.54, 1.807) is 0 Å². The Kier molecular flexibility index (Phi) is 4.76. The van der Waals surface area contributed by atoms with Crippen LogP contribution in [0.4, 0.5) is 0 Å². The normalized spacial score (nSPS) is 13.4. The fraction of sp³-hybridized carbons (Fsp3) is 0.455. The molecule has 0 spiro atoms. The molecule has 1 aromatic carbocycles. The summed E-state index contributed by atoms with van der Waals surface area (Å²) >= 11 is 0. The maximum absolute atomic E-state index is 10.9. The third kappa shape index (κ3) is 5.14. The SMILES string of the molecule is CCC(COc1ccccc1)CS(N)(=O)=O. The van der Waals surface area contributed by atoms with Crippen molar-refractivity contribution in [3.05, 3.63) is 30.3 Å². The van der Waals surface area contributed by atoms with Crippen molar-refractivity contribution in [1.29, 1.82) is 0 Å². The number of sulfonamides is 1. The molecule has 0 aliphatic rings. The number of rotatable bonds is 6. The Morgan fingerprint density at radius 2 is 1.94 bits per heavy atom. The molecule has 0 saturated carbocycles. The maximum Gasteiger partial charge on any atom is 0.209 e. The van der Waals surface area contributed by atoms with E-state index >= 15 is 0 Å². The van der Waals surface area contributed by atoms with E-state index in [0.717, 1.165) is 12.2 Å². The second-order valence-corrected chi connectivity index (χ2v) is 5.39. The smallest absolute Gasteiger partial charge is 0.209 e. The first-order valence-electron chi connectivity index (χ1n) is 5.19. The fourth-order valence-corrected chi connectivity index (χ4v) is 2.33. The van der Waals surface area contributed by atoms with Crippen LogP contribution < -0.4 is 9.88 Å². The van der Waals surface area contributed by atoms with E-state index in [-0.39, 0.29) is 11.7 Å². The molecule has 4 nitrogen and oxygen atoms in total. The van der Waals surface area contributed by atoms with Gasteiger partial charge in [-0.05, 0) is 18.6 Å². The number of benzene rings is 1. The van der Waals surface area contributed by atoms with Gasteiger partial charge in [0, 0.05) is 5.92 Å². The summed E-state index contributed by atoms with van der Waals surface area (Å²) in [7, 11) is -3.42. The molecule has 90 valence electrons. The van der Waals surface area contributed by atoms with Gasteiger partial charge in [-0.3, -0.25) is 0 Å². The Morgan fingerprint density at radius 1 is 1.31 bits per heavy atom. The van der Waals surface area contributed by atoms with Crippen molar-refractivity contribution in [3.8, 4) is 5.75 Å². The van der Waals surface area contributed by atoms with Crippen molar-refractivity contribution in [2.45, 2.75) is 13.3 Å². The molecule has 0 aromatic heterocycles. The topological polar surface area (TPSA) is 69.4 Å². The molecule has 0 bridgehead atoms. The van der Waals surface area contributed by atoms with Gasteiger partial charge in [0.1, 0.15) is 5.75 Å². The van der Waals surface area contributed by atoms with Crippen LogP contribution in [0.25, 0.3) is 0 Å². The van der Waals surface area contributed by atoms with Crippen molar-refractivity contribution in [2.24, 2.45) is 11.1 Å². The first-order chi connectivity index (χ1) is 7.51. The zero-order valence-corrected chi connectivity index (χ0v) is 10.1. The monoisotopic (exact) mass is 243 g/mol. The molecule has 0 radical (unpaired) electrons. The summed E-state index contributed by atoms with van der Waals surface area (Å²) in [5.74, 6) is 0.654. The van der Waals surface area contributed by atoms with E-state index in [1.165, 1.54) is 0 Å². The summed E-state index contributed by atoms with van der Waals surface area (Å²) in [5, 5.41) is 5.00. The second-order valence-electron chi connectivity index (χ2n) is 3.73. The summed E-state index contributed by atoms with van der Waals surface area (Å²) in [6.07, 6.45) is 0.725. The van der Waals surface area contributed by atoms with Crippen molar-refractivity contribution in [1.82, 2.24) is 0 Å². The van der Waals surface area contributed by atoms with Gasteiger partial charge in [-0.1, -0.05) is 25.1 Å². The van der Waals surface area contributed by atoms with Gasteiger partial charge in [0.15, 0.2) is 0 Å². The number of hydrogen-bond donors (Lipinski definition) is 1. The minimum Gasteiger partial charge on any atom is -0.493 e. The van der Waals surface area contributed by atoms with E-state index in [9.17, 15) is 8.42 Å². The predicted molar refractivity (Wildman–Crippen MR) is 63.7 cm³/mol. The van der Waals surface area contributed by atoms with Crippen LogP contribution in [0.5, 0.6) is 5.75 Å². The summed E-state index contributed by atoms with van der Waals surface area (Å²) in [4.78, 5) is 0. The number of nitrogens with two attached hydrogens (primary N) is 1. The minimum absolute atomic E-state index is 0.0314. The van der Waals surface area contributed by atoms with E-state index < -0.39 is 10.0 Å². The lowest BCUT2D eigenvalue weighted by Gasteiger charge is -2.14. The maximum atomic E-state index is 10.9. The van der Waals surface area contributed by atoms with E-state index in [2.05, 4.69) is 0 Å². The summed E-state index contributed by atoms with van der Waals surface area (Å²) in [6, 6.07) is 9.31. The van der Waals surface area contributed by atoms with E-state index in [4.69, 9.17) is 9.88 Å². The Bertz CT molecular complexity index is 402. The highest BCUT2D eigenvalue weighted by Gasteiger charge is 2.14. The van der Waals surface area contributed by atoms with Gasteiger partial charge in [-0.25, -0.2) is 13.6 Å². The van der Waals surface area contributed by atoms with Gasteiger partial charge in [-0.2, -0.15) is 0 Å². The Hall–Kier alpha value is -1.07. The van der Waals surface area contributed by atoms with E-state index in [0.29, 0.717) is 6.61 Å². The molecular weight excluding hydrogens is 226 g/mol. The molecule has 0 heterocycles. The lowest BCUT2D eigenvalue weighted by Crippen LogP contribution is -2.26. The van der Waals surface area contributed by atoms with Crippen LogP contribution in [0.15, 0.2) is 30.3 Å². The van der Waals surface area contributed by atoms with Crippen molar-refractivity contribution >= 4 is 10.0 Å². The fourth-order valence-electron chi connectivity index (χ4n) is 1.34. The highest BCUT2D eigenvalue weighted by atomic mass is 32.2. The van der Waals surface area contributed by atoms with Crippen LogP contribution >= 0.6 is 0 Å². The highest BCUT2D eigenvalue weighted by molar-refractivity contribution is 7.89. The summed E-state index contributed by atoms with van der Waals surface area (Å²) in [5.41, 5.74) is 0. The molecule has 0 aliphatic heterocycles. The summed E-state index contributed by atoms with van der Waals surface area (Å²) < 4.78 is 27.4. The van der Waals surface area contributed by atoms with Crippen molar-refractivity contribution < 1.29 is 13.2 Å². The standard InChI is InChI=1S/C11H17NO3S/c1-2-10(9-16(12,13)14)8-15-11-6-4-3-5-7-11/h3-7,10H,2,8-9H2,1H3,(H2,12,13,14). The number of hydrogen-bond acceptors (Lipinski definition) is 3. The van der Waals surface area contributed by atoms with Crippen LogP contribution in [-0.2, 0) is 10.0 Å². The Morgan fingerprint density at radius 3 is 2.44 bits per heavy atom. The minimum atomic E-state index is -3.42. The molecule has 1 rings (SSSR count). The second kappa shape index (κ2) is 5.86. The average Bonchev–Trinajstić information content (AvgIpc) is 2.24. The molecule has 16 heavy (non-hydrogen) atoms. The van der Waals surface area contributed by atoms with Gasteiger partial charge < -0.3 is 4.74 Å². The Balaban J connectivity index is 2.46. The van der Waals surface area contributed by atoms with Crippen molar-refractivity contribution in [2.75, 3.05) is 12.4 Å². The molecule has 1 aromatic rings. The number of para-hydroxylation sites is 1. The molecule has 0 aliphatic carbocycles. The van der Waals surface area contributed by atoms with Crippen LogP contribution in [0.1, 0.15) is 13.3 Å². The van der Waals surface area contributed by atoms with Gasteiger partial charge in [-0.15, -0.1) is 0 Å². The van der Waals surface area contributed by atoms with Crippen LogP contribution in [0, 0.1) is 5.92 Å². The molecule has 1 atom stereocenters. The van der Waals surface area contributed by atoms with Crippen molar-refractivity contribution in [3.63, 3.8) is 0 Å². The molecule has 0 saturated heterocycles. The molecule has 2 N–H and O–H groups in total. The number of ether oxygens (including phenoxy) is 1. The zero-order valence-electron chi connectivity index (χ0n) is 9.30. The van der Waals surface area contributed by atoms with Crippen LogP contribution in [-0.4, -0.2) is 20.8 Å². The van der Waals surface area contributed by atoms with E-state index in [1.807, 2.05) is 37.3 Å². The average molecular weight is 243 g/mol. The molecule has 0 fully saturated rings. The van der Waals surface area contributed by atoms with Crippen LogP contribution in [0.2, 0.25) is 0 Å². The highest BCUT2D eigenvalue weighted by Crippen LogP contribution is 2.12. The van der Waals surface area contributed by atoms with Gasteiger partial charge in [0.05, 0.1) is 12.4 Å². The van der Waals surface area contributed by atoms with Crippen LogP contribution in [0.3, 0.4) is 0 Å². The number of primary sulfonamides is 1. The van der Waals surface area contributed by atoms with Gasteiger partial charge in [0.2, 0.25) is 10.0 Å². The first kappa shape index (κ1) is 13.0. The molecule has 0 amide bonds. The predicted octanol–water partition coefficient (Wildman–Crippen LogP) is 1.38. The quantitative estimate of drug-likeness (QED) is 0.820. The lowest BCUT2D eigenvalue weighted by atomic mass is 10.1. The molecule has 1 unspecified atom stereocenters. The zero-order chi connectivity index (χ0) is 12.0. The van der Waals surface area contributed by atoms with Gasteiger partial charge in [0.25, 0.3) is 0 Å². The molecular formula is C11H17NO3S. The first-order valence-corrected chi connectivity index (χ1v) is 6.91. The lowest BCUT2D eigenvalue weighted by molar-refractivity contribution is 0.257. The van der Waals surface area contributed by atoms with Gasteiger partial charge >= 0.3 is 0 Å². The largest absolute Gasteiger partial charge is 0.493 e. The third-order valence-electron chi connectivity index (χ3n) is 2.27. The Labute approximate surface area is 96.5 Å². The summed E-state index contributed by atoms with van der Waals surface area (Å²) in [6.45, 7) is 2.29.